The van der Waals surface area contributed by atoms with Gasteiger partial charge in [-0.3, -0.25) is 4.79 Å². The first-order valence-electron chi connectivity index (χ1n) is 8.42. The summed E-state index contributed by atoms with van der Waals surface area (Å²) in [5, 5.41) is 10.3. The Bertz CT molecular complexity index is 915. The molecule has 1 aromatic carbocycles. The molecule has 2 aromatic heterocycles. The van der Waals surface area contributed by atoms with Crippen molar-refractivity contribution in [3.8, 4) is 10.4 Å². The second-order valence-corrected chi connectivity index (χ2v) is 7.40. The van der Waals surface area contributed by atoms with Crippen molar-refractivity contribution in [2.24, 2.45) is 5.92 Å². The monoisotopic (exact) mass is 353 g/mol. The predicted octanol–water partition coefficient (Wildman–Crippen LogP) is 3.97. The van der Waals surface area contributed by atoms with Crippen LogP contribution in [0.25, 0.3) is 20.7 Å². The number of hydrogen-bond donors (Lipinski definition) is 1. The number of nitrogens with zero attached hydrogens (tertiary/aromatic N) is 3. The van der Waals surface area contributed by atoms with Crippen LogP contribution in [-0.2, 0) is 4.79 Å². The van der Waals surface area contributed by atoms with Crippen molar-refractivity contribution < 1.29 is 9.90 Å². The Balaban J connectivity index is 1.74. The van der Waals surface area contributed by atoms with Gasteiger partial charge < -0.3 is 10.0 Å². The van der Waals surface area contributed by atoms with Gasteiger partial charge in [-0.1, -0.05) is 30.3 Å². The molecule has 1 N–H and O–H groups in total. The molecule has 3 heterocycles. The van der Waals surface area contributed by atoms with E-state index in [-0.39, 0.29) is 5.92 Å². The van der Waals surface area contributed by atoms with Crippen LogP contribution in [0.5, 0.6) is 0 Å². The number of fused-ring (bicyclic) bond motifs is 1. The van der Waals surface area contributed by atoms with Crippen LogP contribution >= 0.6 is 11.3 Å². The zero-order chi connectivity index (χ0) is 17.4. The SMILES string of the molecule is Cc1c(-c2ccccc2)sc2ncnc(N3CCC(C(=O)O)CC3)c12. The molecule has 4 rings (SSSR count). The zero-order valence-electron chi connectivity index (χ0n) is 14.0. The molecule has 0 aliphatic carbocycles. The highest BCUT2D eigenvalue weighted by atomic mass is 32.1. The van der Waals surface area contributed by atoms with Crippen LogP contribution in [0.1, 0.15) is 18.4 Å². The molecular weight excluding hydrogens is 334 g/mol. The Morgan fingerprint density at radius 1 is 1.20 bits per heavy atom. The molecule has 0 atom stereocenters. The van der Waals surface area contributed by atoms with Gasteiger partial charge in [0, 0.05) is 18.0 Å². The van der Waals surface area contributed by atoms with E-state index in [4.69, 9.17) is 0 Å². The number of aryl methyl sites for hydroxylation is 1. The van der Waals surface area contributed by atoms with Crippen molar-refractivity contribution in [1.82, 2.24) is 9.97 Å². The molecule has 0 unspecified atom stereocenters. The number of carboxylic acid groups (broad SMARTS) is 1. The lowest BCUT2D eigenvalue weighted by Crippen LogP contribution is -2.36. The molecule has 0 amide bonds. The van der Waals surface area contributed by atoms with E-state index in [1.165, 1.54) is 16.0 Å². The Hall–Kier alpha value is -2.47. The van der Waals surface area contributed by atoms with Gasteiger partial charge in [-0.25, -0.2) is 9.97 Å². The van der Waals surface area contributed by atoms with Crippen LogP contribution in [0.3, 0.4) is 0 Å². The van der Waals surface area contributed by atoms with Gasteiger partial charge in [-0.05, 0) is 30.9 Å². The largest absolute Gasteiger partial charge is 0.481 e. The van der Waals surface area contributed by atoms with Crippen LogP contribution in [0, 0.1) is 12.8 Å². The molecular formula is C19H19N3O2S. The first-order chi connectivity index (χ1) is 12.1. The number of carboxylic acids is 1. The topological polar surface area (TPSA) is 66.3 Å². The Morgan fingerprint density at radius 2 is 1.92 bits per heavy atom. The number of thiophene rings is 1. The lowest BCUT2D eigenvalue weighted by molar-refractivity contribution is -0.142. The maximum atomic E-state index is 11.2. The van der Waals surface area contributed by atoms with E-state index in [0.29, 0.717) is 12.8 Å². The molecule has 6 heteroatoms. The third kappa shape index (κ3) is 2.87. The van der Waals surface area contributed by atoms with Gasteiger partial charge >= 0.3 is 5.97 Å². The predicted molar refractivity (Wildman–Crippen MR) is 100 cm³/mol. The number of carbonyl (C=O) groups is 1. The first-order valence-corrected chi connectivity index (χ1v) is 9.24. The number of aromatic nitrogens is 2. The fourth-order valence-electron chi connectivity index (χ4n) is 3.50. The number of hydrogen-bond acceptors (Lipinski definition) is 5. The molecule has 1 fully saturated rings. The number of aliphatic carboxylic acids is 1. The summed E-state index contributed by atoms with van der Waals surface area (Å²) in [4.78, 5) is 24.6. The molecule has 1 aliphatic rings. The summed E-state index contributed by atoms with van der Waals surface area (Å²) < 4.78 is 0. The average Bonchev–Trinajstić information content (AvgIpc) is 2.99. The van der Waals surface area contributed by atoms with E-state index < -0.39 is 5.97 Å². The van der Waals surface area contributed by atoms with Gasteiger partial charge in [-0.15, -0.1) is 11.3 Å². The summed E-state index contributed by atoms with van der Waals surface area (Å²) in [6, 6.07) is 10.3. The minimum Gasteiger partial charge on any atom is -0.481 e. The summed E-state index contributed by atoms with van der Waals surface area (Å²) in [6.07, 6.45) is 2.94. The fourth-order valence-corrected chi connectivity index (χ4v) is 4.64. The number of benzene rings is 1. The molecule has 5 nitrogen and oxygen atoms in total. The molecule has 0 bridgehead atoms. The van der Waals surface area contributed by atoms with Crippen molar-refractivity contribution >= 4 is 33.3 Å². The molecule has 1 saturated heterocycles. The van der Waals surface area contributed by atoms with E-state index in [2.05, 4.69) is 33.9 Å². The second-order valence-electron chi connectivity index (χ2n) is 6.40. The highest BCUT2D eigenvalue weighted by Gasteiger charge is 2.27. The van der Waals surface area contributed by atoms with Crippen molar-refractivity contribution in [3.05, 3.63) is 42.2 Å². The third-order valence-electron chi connectivity index (χ3n) is 4.89. The summed E-state index contributed by atoms with van der Waals surface area (Å²) in [7, 11) is 0. The summed E-state index contributed by atoms with van der Waals surface area (Å²) in [5.74, 6) is 0.00682. The summed E-state index contributed by atoms with van der Waals surface area (Å²) in [6.45, 7) is 3.57. The second kappa shape index (κ2) is 6.44. The smallest absolute Gasteiger partial charge is 0.306 e. The minimum atomic E-state index is -0.689. The molecule has 0 saturated carbocycles. The van der Waals surface area contributed by atoms with E-state index >= 15 is 0 Å². The highest BCUT2D eigenvalue weighted by Crippen LogP contribution is 2.41. The lowest BCUT2D eigenvalue weighted by Gasteiger charge is -2.31. The standard InChI is InChI=1S/C19H19N3O2S/c1-12-15-17(22-9-7-14(8-10-22)19(23)24)20-11-21-18(15)25-16(12)13-5-3-2-4-6-13/h2-6,11,14H,7-10H2,1H3,(H,23,24). The third-order valence-corrected chi connectivity index (χ3v) is 6.14. The van der Waals surface area contributed by atoms with Crippen molar-refractivity contribution in [1.29, 1.82) is 0 Å². The van der Waals surface area contributed by atoms with Crippen LogP contribution in [0.2, 0.25) is 0 Å². The highest BCUT2D eigenvalue weighted by molar-refractivity contribution is 7.22. The van der Waals surface area contributed by atoms with Gasteiger partial charge in [-0.2, -0.15) is 0 Å². The normalized spacial score (nSPS) is 15.6. The molecule has 25 heavy (non-hydrogen) atoms. The maximum absolute atomic E-state index is 11.2. The Labute approximate surface area is 150 Å². The molecule has 1 aliphatic heterocycles. The van der Waals surface area contributed by atoms with Crippen LogP contribution < -0.4 is 4.90 Å². The maximum Gasteiger partial charge on any atom is 0.306 e. The Kier molecular flexibility index (Phi) is 4.13. The van der Waals surface area contributed by atoms with Gasteiger partial charge in [0.05, 0.1) is 11.3 Å². The molecule has 3 aromatic rings. The van der Waals surface area contributed by atoms with Crippen LogP contribution in [-0.4, -0.2) is 34.1 Å². The minimum absolute atomic E-state index is 0.239. The number of piperidine rings is 1. The van der Waals surface area contributed by atoms with E-state index in [1.54, 1.807) is 17.7 Å². The quantitative estimate of drug-likeness (QED) is 0.772. The van der Waals surface area contributed by atoms with E-state index in [1.807, 2.05) is 18.2 Å². The van der Waals surface area contributed by atoms with Crippen LogP contribution in [0.4, 0.5) is 5.82 Å². The van der Waals surface area contributed by atoms with Crippen molar-refractivity contribution in [2.45, 2.75) is 19.8 Å². The van der Waals surface area contributed by atoms with Gasteiger partial charge in [0.2, 0.25) is 0 Å². The average molecular weight is 353 g/mol. The van der Waals surface area contributed by atoms with Gasteiger partial charge in [0.1, 0.15) is 17.0 Å². The Morgan fingerprint density at radius 3 is 2.60 bits per heavy atom. The molecule has 0 radical (unpaired) electrons. The van der Waals surface area contributed by atoms with Gasteiger partial charge in [0.25, 0.3) is 0 Å². The lowest BCUT2D eigenvalue weighted by atomic mass is 9.97. The first kappa shape index (κ1) is 16.0. The van der Waals surface area contributed by atoms with Crippen molar-refractivity contribution in [3.63, 3.8) is 0 Å². The number of rotatable bonds is 3. The number of anilines is 1. The molecule has 0 spiro atoms. The summed E-state index contributed by atoms with van der Waals surface area (Å²) in [5.41, 5.74) is 2.39. The van der Waals surface area contributed by atoms with E-state index in [0.717, 1.165) is 29.1 Å². The zero-order valence-corrected chi connectivity index (χ0v) is 14.8. The fraction of sp³-hybridized carbons (Fsp3) is 0.316. The van der Waals surface area contributed by atoms with Crippen LogP contribution in [0.15, 0.2) is 36.7 Å². The van der Waals surface area contributed by atoms with Crippen molar-refractivity contribution in [2.75, 3.05) is 18.0 Å². The van der Waals surface area contributed by atoms with Gasteiger partial charge in [0.15, 0.2) is 0 Å². The molecule has 128 valence electrons. The summed E-state index contributed by atoms with van der Waals surface area (Å²) >= 11 is 1.69. The van der Waals surface area contributed by atoms with E-state index in [9.17, 15) is 9.90 Å².